The van der Waals surface area contributed by atoms with Crippen molar-refractivity contribution in [3.05, 3.63) is 54.6 Å². The fraction of sp³-hybridized carbons (Fsp3) is 0.0909. The molecule has 0 aromatic carbocycles. The summed E-state index contributed by atoms with van der Waals surface area (Å²) >= 11 is 0. The summed E-state index contributed by atoms with van der Waals surface area (Å²) in [4.78, 5) is 7.98. The van der Waals surface area contributed by atoms with E-state index in [9.17, 15) is 0 Å². The van der Waals surface area contributed by atoms with Gasteiger partial charge in [0.1, 0.15) is 0 Å². The van der Waals surface area contributed by atoms with Crippen LogP contribution in [0.1, 0.15) is 5.56 Å². The van der Waals surface area contributed by atoms with Gasteiger partial charge in [0.2, 0.25) is 0 Å². The van der Waals surface area contributed by atoms with Crippen molar-refractivity contribution in [3.8, 4) is 0 Å². The summed E-state index contributed by atoms with van der Waals surface area (Å²) in [5.41, 5.74) is 2.24. The molecule has 0 unspecified atom stereocenters. The first-order valence-corrected chi connectivity index (χ1v) is 4.48. The summed E-state index contributed by atoms with van der Waals surface area (Å²) in [6.45, 7) is 0.800. The van der Waals surface area contributed by atoms with Gasteiger partial charge in [-0.2, -0.15) is 0 Å². The van der Waals surface area contributed by atoms with Crippen molar-refractivity contribution >= 4 is 5.69 Å². The molecule has 0 aliphatic rings. The van der Waals surface area contributed by atoms with Crippen LogP contribution in [-0.2, 0) is 6.54 Å². The highest BCUT2D eigenvalue weighted by Crippen LogP contribution is 2.05. The van der Waals surface area contributed by atoms with Crippen LogP contribution in [0, 0.1) is 0 Å². The van der Waals surface area contributed by atoms with Crippen molar-refractivity contribution in [1.82, 2.24) is 9.97 Å². The zero-order valence-corrected chi connectivity index (χ0v) is 7.72. The van der Waals surface area contributed by atoms with Crippen LogP contribution in [0.5, 0.6) is 0 Å². The molecule has 2 aromatic heterocycles. The van der Waals surface area contributed by atoms with Crippen LogP contribution in [0.4, 0.5) is 5.69 Å². The highest BCUT2D eigenvalue weighted by molar-refractivity contribution is 5.40. The Morgan fingerprint density at radius 3 is 2.57 bits per heavy atom. The van der Waals surface area contributed by atoms with Gasteiger partial charge in [0.25, 0.3) is 0 Å². The van der Waals surface area contributed by atoms with E-state index >= 15 is 0 Å². The van der Waals surface area contributed by atoms with E-state index in [-0.39, 0.29) is 0 Å². The standard InChI is InChI=1S/C11H11N3/c1-2-11(9-13-5-1)14-8-10-3-6-12-7-4-10/h1-7,9,14H,8H2. The largest absolute Gasteiger partial charge is 0.380 e. The molecule has 0 fully saturated rings. The van der Waals surface area contributed by atoms with Gasteiger partial charge in [0.15, 0.2) is 0 Å². The van der Waals surface area contributed by atoms with Gasteiger partial charge in [-0.1, -0.05) is 0 Å². The van der Waals surface area contributed by atoms with Gasteiger partial charge >= 0.3 is 0 Å². The van der Waals surface area contributed by atoms with Crippen molar-refractivity contribution in [2.24, 2.45) is 0 Å². The topological polar surface area (TPSA) is 37.8 Å². The molecule has 0 bridgehead atoms. The lowest BCUT2D eigenvalue weighted by molar-refractivity contribution is 1.12. The predicted molar refractivity (Wildman–Crippen MR) is 55.8 cm³/mol. The van der Waals surface area contributed by atoms with Gasteiger partial charge in [0, 0.05) is 31.3 Å². The third-order valence-electron chi connectivity index (χ3n) is 1.91. The number of rotatable bonds is 3. The Morgan fingerprint density at radius 1 is 1.00 bits per heavy atom. The van der Waals surface area contributed by atoms with E-state index in [0.717, 1.165) is 12.2 Å². The number of pyridine rings is 2. The van der Waals surface area contributed by atoms with Gasteiger partial charge in [0.05, 0.1) is 5.69 Å². The highest BCUT2D eigenvalue weighted by Gasteiger charge is 1.91. The lowest BCUT2D eigenvalue weighted by atomic mass is 10.2. The fourth-order valence-electron chi connectivity index (χ4n) is 1.17. The number of hydrogen-bond donors (Lipinski definition) is 1. The van der Waals surface area contributed by atoms with E-state index in [1.807, 2.05) is 24.3 Å². The van der Waals surface area contributed by atoms with E-state index in [0.29, 0.717) is 0 Å². The van der Waals surface area contributed by atoms with Crippen molar-refractivity contribution in [2.75, 3.05) is 5.32 Å². The third-order valence-corrected chi connectivity index (χ3v) is 1.91. The van der Waals surface area contributed by atoms with Crippen LogP contribution in [0.2, 0.25) is 0 Å². The normalized spacial score (nSPS) is 9.71. The quantitative estimate of drug-likeness (QED) is 0.795. The summed E-state index contributed by atoms with van der Waals surface area (Å²) < 4.78 is 0. The minimum Gasteiger partial charge on any atom is -0.380 e. The van der Waals surface area contributed by atoms with Gasteiger partial charge < -0.3 is 5.32 Å². The molecule has 1 N–H and O–H groups in total. The monoisotopic (exact) mass is 185 g/mol. The van der Waals surface area contributed by atoms with Crippen LogP contribution >= 0.6 is 0 Å². The average Bonchev–Trinajstić information content (AvgIpc) is 2.29. The van der Waals surface area contributed by atoms with E-state index in [2.05, 4.69) is 15.3 Å². The summed E-state index contributed by atoms with van der Waals surface area (Å²) in [5, 5.41) is 3.27. The second kappa shape index (κ2) is 4.37. The van der Waals surface area contributed by atoms with E-state index in [4.69, 9.17) is 0 Å². The molecule has 0 aliphatic heterocycles. The Balaban J connectivity index is 1.96. The molecule has 0 amide bonds. The minimum atomic E-state index is 0.800. The molecule has 14 heavy (non-hydrogen) atoms. The van der Waals surface area contributed by atoms with Crippen LogP contribution in [0.15, 0.2) is 49.1 Å². The first kappa shape index (κ1) is 8.69. The summed E-state index contributed by atoms with van der Waals surface area (Å²) in [5.74, 6) is 0. The Kier molecular flexibility index (Phi) is 2.71. The molecule has 3 nitrogen and oxygen atoms in total. The number of nitrogens with zero attached hydrogens (tertiary/aromatic N) is 2. The molecule has 2 rings (SSSR count). The smallest absolute Gasteiger partial charge is 0.0529 e. The highest BCUT2D eigenvalue weighted by atomic mass is 14.9. The molecule has 3 heteroatoms. The van der Waals surface area contributed by atoms with Gasteiger partial charge in [-0.3, -0.25) is 9.97 Å². The van der Waals surface area contributed by atoms with Crippen LogP contribution in [0.25, 0.3) is 0 Å². The Hall–Kier alpha value is -1.90. The molecule has 2 heterocycles. The number of nitrogens with one attached hydrogen (secondary N) is 1. The molecule has 0 atom stereocenters. The van der Waals surface area contributed by atoms with E-state index < -0.39 is 0 Å². The molecule has 0 aliphatic carbocycles. The van der Waals surface area contributed by atoms with Crippen molar-refractivity contribution in [1.29, 1.82) is 0 Å². The third kappa shape index (κ3) is 2.29. The van der Waals surface area contributed by atoms with Crippen molar-refractivity contribution in [2.45, 2.75) is 6.54 Å². The maximum Gasteiger partial charge on any atom is 0.0529 e. The van der Waals surface area contributed by atoms with Crippen LogP contribution in [0.3, 0.4) is 0 Å². The molecule has 0 spiro atoms. The first-order chi connectivity index (χ1) is 6.95. The maximum absolute atomic E-state index is 4.02. The maximum atomic E-state index is 4.02. The second-order valence-corrected chi connectivity index (χ2v) is 2.95. The van der Waals surface area contributed by atoms with Gasteiger partial charge in [-0.15, -0.1) is 0 Å². The summed E-state index contributed by atoms with van der Waals surface area (Å²) in [6, 6.07) is 7.88. The van der Waals surface area contributed by atoms with E-state index in [1.54, 1.807) is 24.8 Å². The average molecular weight is 185 g/mol. The zero-order valence-electron chi connectivity index (χ0n) is 7.72. The molecule has 0 saturated carbocycles. The minimum absolute atomic E-state index is 0.800. The predicted octanol–water partition coefficient (Wildman–Crippen LogP) is 2.09. The van der Waals surface area contributed by atoms with Crippen LogP contribution < -0.4 is 5.32 Å². The Morgan fingerprint density at radius 2 is 1.86 bits per heavy atom. The van der Waals surface area contributed by atoms with E-state index in [1.165, 1.54) is 5.56 Å². The van der Waals surface area contributed by atoms with Crippen LogP contribution in [-0.4, -0.2) is 9.97 Å². The molecular formula is C11H11N3. The lowest BCUT2D eigenvalue weighted by Crippen LogP contribution is -1.99. The Labute approximate surface area is 82.8 Å². The number of aromatic nitrogens is 2. The fourth-order valence-corrected chi connectivity index (χ4v) is 1.17. The van der Waals surface area contributed by atoms with Gasteiger partial charge in [-0.25, -0.2) is 0 Å². The summed E-state index contributed by atoms with van der Waals surface area (Å²) in [6.07, 6.45) is 7.15. The molecule has 2 aromatic rings. The number of hydrogen-bond acceptors (Lipinski definition) is 3. The first-order valence-electron chi connectivity index (χ1n) is 4.48. The molecular weight excluding hydrogens is 174 g/mol. The second-order valence-electron chi connectivity index (χ2n) is 2.95. The van der Waals surface area contributed by atoms with Crippen molar-refractivity contribution < 1.29 is 0 Å². The van der Waals surface area contributed by atoms with Gasteiger partial charge in [-0.05, 0) is 29.8 Å². The lowest BCUT2D eigenvalue weighted by Gasteiger charge is -2.04. The zero-order chi connectivity index (χ0) is 9.64. The van der Waals surface area contributed by atoms with Crippen molar-refractivity contribution in [3.63, 3.8) is 0 Å². The number of anilines is 1. The molecule has 0 saturated heterocycles. The molecule has 0 radical (unpaired) electrons. The Bertz CT molecular complexity index is 333. The SMILES string of the molecule is c1cncc(NCc2ccncc2)c1. The molecule has 70 valence electrons. The summed E-state index contributed by atoms with van der Waals surface area (Å²) in [7, 11) is 0.